The highest BCUT2D eigenvalue weighted by molar-refractivity contribution is 7.89. The maximum absolute atomic E-state index is 12.0. The van der Waals surface area contributed by atoms with Gasteiger partial charge in [-0.25, -0.2) is 13.6 Å². The molecule has 0 saturated carbocycles. The van der Waals surface area contributed by atoms with Gasteiger partial charge in [0, 0.05) is 17.8 Å². The molecule has 1 aromatic rings. The fraction of sp³-hybridized carbons (Fsp3) is 0.375. The highest BCUT2D eigenvalue weighted by atomic mass is 32.2. The highest BCUT2D eigenvalue weighted by Gasteiger charge is 2.43. The van der Waals surface area contributed by atoms with Crippen molar-refractivity contribution in [1.82, 2.24) is 10.7 Å². The molecule has 1 unspecified atom stereocenters. The van der Waals surface area contributed by atoms with Crippen LogP contribution < -0.4 is 21.3 Å². The fourth-order valence-corrected chi connectivity index (χ4v) is 3.40. The minimum absolute atomic E-state index is 0.0199. The molecule has 9 heteroatoms. The smallest absolute Gasteiger partial charge is 0.238 e. The van der Waals surface area contributed by atoms with Gasteiger partial charge in [-0.3, -0.25) is 9.59 Å². The van der Waals surface area contributed by atoms with E-state index in [0.717, 1.165) is 5.57 Å². The van der Waals surface area contributed by atoms with E-state index < -0.39 is 27.3 Å². The fourth-order valence-electron chi connectivity index (χ4n) is 2.88. The van der Waals surface area contributed by atoms with Crippen LogP contribution in [0.15, 0.2) is 40.4 Å². The quantitative estimate of drug-likeness (QED) is 0.323. The summed E-state index contributed by atoms with van der Waals surface area (Å²) in [6.45, 7) is 6.04. The lowest BCUT2D eigenvalue weighted by atomic mass is 9.82. The Labute approximate surface area is 146 Å². The third kappa shape index (κ3) is 4.25. The van der Waals surface area contributed by atoms with E-state index in [4.69, 9.17) is 5.14 Å². The number of hydrazine groups is 1. The topological polar surface area (TPSA) is 130 Å². The molecular weight excluding hydrogens is 344 g/mol. The predicted octanol–water partition coefficient (Wildman–Crippen LogP) is 0.290. The molecule has 0 amide bonds. The van der Waals surface area contributed by atoms with Crippen molar-refractivity contribution >= 4 is 27.8 Å². The average molecular weight is 366 g/mol. The molecule has 8 nitrogen and oxygen atoms in total. The SMILES string of the molecule is CC(NNc1ccc(S(N)(=O)=O)cc1)=C1CNC(C)(C)C1C(=O)C=O. The van der Waals surface area contributed by atoms with Crippen molar-refractivity contribution in [2.45, 2.75) is 31.2 Å². The largest absolute Gasteiger partial charge is 0.307 e. The number of hydrogen-bond donors (Lipinski definition) is 4. The molecule has 1 heterocycles. The van der Waals surface area contributed by atoms with Crippen molar-refractivity contribution < 1.29 is 18.0 Å². The second kappa shape index (κ2) is 6.95. The van der Waals surface area contributed by atoms with Gasteiger partial charge in [0.05, 0.1) is 16.5 Å². The lowest BCUT2D eigenvalue weighted by Crippen LogP contribution is -2.42. The Hall–Kier alpha value is -2.23. The summed E-state index contributed by atoms with van der Waals surface area (Å²) in [5.41, 5.74) is 7.55. The molecule has 0 radical (unpaired) electrons. The Morgan fingerprint density at radius 2 is 1.92 bits per heavy atom. The monoisotopic (exact) mass is 366 g/mol. The molecular formula is C16H22N4O4S. The van der Waals surface area contributed by atoms with Crippen LogP contribution in [0, 0.1) is 5.92 Å². The van der Waals surface area contributed by atoms with Crippen molar-refractivity contribution in [3.05, 3.63) is 35.5 Å². The van der Waals surface area contributed by atoms with Crippen LogP contribution in [-0.2, 0) is 19.6 Å². The maximum Gasteiger partial charge on any atom is 0.238 e. The van der Waals surface area contributed by atoms with Gasteiger partial charge < -0.3 is 16.2 Å². The number of nitrogens with two attached hydrogens (primary N) is 1. The molecule has 0 spiro atoms. The van der Waals surface area contributed by atoms with Crippen molar-refractivity contribution in [1.29, 1.82) is 0 Å². The number of carbonyl (C=O) groups is 2. The van der Waals surface area contributed by atoms with Crippen LogP contribution in [0.1, 0.15) is 20.8 Å². The molecule has 1 atom stereocenters. The minimum atomic E-state index is -3.73. The third-order valence-corrected chi connectivity index (χ3v) is 5.19. The van der Waals surface area contributed by atoms with Crippen LogP contribution in [0.25, 0.3) is 0 Å². The van der Waals surface area contributed by atoms with E-state index in [-0.39, 0.29) is 4.90 Å². The normalized spacial score (nSPS) is 21.5. The molecule has 0 aliphatic carbocycles. The number of aldehydes is 1. The van der Waals surface area contributed by atoms with Crippen LogP contribution in [0.4, 0.5) is 5.69 Å². The molecule has 0 bridgehead atoms. The van der Waals surface area contributed by atoms with E-state index in [9.17, 15) is 18.0 Å². The number of rotatable bonds is 6. The zero-order valence-electron chi connectivity index (χ0n) is 14.3. The Kier molecular flexibility index (Phi) is 5.31. The van der Waals surface area contributed by atoms with Crippen molar-refractivity contribution in [2.75, 3.05) is 12.0 Å². The number of sulfonamides is 1. The summed E-state index contributed by atoms with van der Waals surface area (Å²) < 4.78 is 22.5. The molecule has 1 aliphatic heterocycles. The maximum atomic E-state index is 12.0. The third-order valence-electron chi connectivity index (χ3n) is 4.26. The standard InChI is InChI=1S/C16H22N4O4S/c1-10(13-8-18-16(2,3)15(13)14(22)9-21)19-20-11-4-6-12(7-5-11)25(17,23)24/h4-7,9,15,18-20H,8H2,1-3H3,(H2,17,23,24). The van der Waals surface area contributed by atoms with Crippen molar-refractivity contribution in [3.63, 3.8) is 0 Å². The van der Waals surface area contributed by atoms with Crippen LogP contribution >= 0.6 is 0 Å². The Morgan fingerprint density at radius 3 is 2.44 bits per heavy atom. The van der Waals surface area contributed by atoms with E-state index in [1.807, 2.05) is 13.8 Å². The second-order valence-electron chi connectivity index (χ2n) is 6.50. The number of primary sulfonamides is 1. The molecule has 1 fully saturated rings. The summed E-state index contributed by atoms with van der Waals surface area (Å²) >= 11 is 0. The molecule has 1 aliphatic rings. The molecule has 136 valence electrons. The number of hydrogen-bond acceptors (Lipinski definition) is 7. The van der Waals surface area contributed by atoms with Gasteiger partial charge >= 0.3 is 0 Å². The van der Waals surface area contributed by atoms with Gasteiger partial charge in [-0.15, -0.1) is 0 Å². The summed E-state index contributed by atoms with van der Waals surface area (Å²) in [5, 5.41) is 8.28. The van der Waals surface area contributed by atoms with Gasteiger partial charge in [-0.2, -0.15) is 0 Å². The molecule has 25 heavy (non-hydrogen) atoms. The molecule has 0 aromatic heterocycles. The van der Waals surface area contributed by atoms with Gasteiger partial charge in [0.2, 0.25) is 15.8 Å². The lowest BCUT2D eigenvalue weighted by molar-refractivity contribution is -0.132. The zero-order valence-corrected chi connectivity index (χ0v) is 15.1. The number of benzene rings is 1. The lowest BCUT2D eigenvalue weighted by Gasteiger charge is -2.25. The number of Topliss-reactive ketones (excluding diaryl/α,β-unsaturated/α-hetero) is 1. The van der Waals surface area contributed by atoms with Gasteiger partial charge in [0.15, 0.2) is 6.29 Å². The van der Waals surface area contributed by atoms with E-state index >= 15 is 0 Å². The van der Waals surface area contributed by atoms with E-state index in [0.29, 0.717) is 24.2 Å². The highest BCUT2D eigenvalue weighted by Crippen LogP contribution is 2.32. The summed E-state index contributed by atoms with van der Waals surface area (Å²) in [4.78, 5) is 23.0. The number of carbonyl (C=O) groups excluding carboxylic acids is 2. The van der Waals surface area contributed by atoms with Crippen molar-refractivity contribution in [3.8, 4) is 0 Å². The first-order chi connectivity index (χ1) is 11.6. The first-order valence-corrected chi connectivity index (χ1v) is 9.19. The second-order valence-corrected chi connectivity index (χ2v) is 8.06. The van der Waals surface area contributed by atoms with Crippen LogP contribution in [0.3, 0.4) is 0 Å². The summed E-state index contributed by atoms with van der Waals surface area (Å²) in [6.07, 6.45) is 0.353. The van der Waals surface area contributed by atoms with Gasteiger partial charge in [-0.05, 0) is 50.6 Å². The van der Waals surface area contributed by atoms with Crippen molar-refractivity contribution in [2.24, 2.45) is 11.1 Å². The number of anilines is 1. The van der Waals surface area contributed by atoms with E-state index in [1.54, 1.807) is 19.1 Å². The van der Waals surface area contributed by atoms with Crippen LogP contribution in [0.5, 0.6) is 0 Å². The molecule has 1 saturated heterocycles. The number of ketones is 1. The molecule has 1 aromatic carbocycles. The van der Waals surface area contributed by atoms with E-state index in [1.165, 1.54) is 12.1 Å². The minimum Gasteiger partial charge on any atom is -0.307 e. The number of allylic oxidation sites excluding steroid dienone is 1. The van der Waals surface area contributed by atoms with Crippen LogP contribution in [0.2, 0.25) is 0 Å². The molecule has 5 N–H and O–H groups in total. The molecule has 2 rings (SSSR count). The first-order valence-electron chi connectivity index (χ1n) is 7.65. The van der Waals surface area contributed by atoms with E-state index in [2.05, 4.69) is 16.2 Å². The summed E-state index contributed by atoms with van der Waals surface area (Å²) in [7, 11) is -3.73. The van der Waals surface area contributed by atoms with Crippen LogP contribution in [-0.4, -0.2) is 32.6 Å². The first kappa shape index (κ1) is 19.1. The predicted molar refractivity (Wildman–Crippen MR) is 93.9 cm³/mol. The Balaban J connectivity index is 2.15. The zero-order chi connectivity index (χ0) is 18.8. The van der Waals surface area contributed by atoms with Gasteiger partial charge in [-0.1, -0.05) is 0 Å². The Bertz CT molecular complexity index is 813. The number of nitrogens with one attached hydrogen (secondary N) is 3. The summed E-state index contributed by atoms with van der Waals surface area (Å²) in [6, 6.07) is 5.91. The summed E-state index contributed by atoms with van der Waals surface area (Å²) in [5.74, 6) is -1.01. The van der Waals surface area contributed by atoms with Gasteiger partial charge in [0.25, 0.3) is 0 Å². The average Bonchev–Trinajstić information content (AvgIpc) is 2.87. The Morgan fingerprint density at radius 1 is 1.32 bits per heavy atom. The van der Waals surface area contributed by atoms with Gasteiger partial charge in [0.1, 0.15) is 0 Å².